The molecule has 8 heteroatoms. The maximum atomic E-state index is 12.6. The number of amides is 1. The molecule has 0 radical (unpaired) electrons. The van der Waals surface area contributed by atoms with E-state index in [1.165, 1.54) is 7.11 Å². The van der Waals surface area contributed by atoms with Gasteiger partial charge in [0.2, 0.25) is 0 Å². The van der Waals surface area contributed by atoms with Crippen molar-refractivity contribution in [1.29, 1.82) is 0 Å². The number of aryl methyl sites for hydroxylation is 3. The summed E-state index contributed by atoms with van der Waals surface area (Å²) in [5, 5.41) is 9.60. The van der Waals surface area contributed by atoms with Gasteiger partial charge in [0.05, 0.1) is 29.4 Å². The van der Waals surface area contributed by atoms with Gasteiger partial charge in [0.15, 0.2) is 0 Å². The third-order valence-corrected chi connectivity index (χ3v) is 7.32. The lowest BCUT2D eigenvalue weighted by molar-refractivity contribution is 0.0691. The molecule has 2 aromatic carbocycles. The molecule has 1 amide bonds. The summed E-state index contributed by atoms with van der Waals surface area (Å²) in [4.78, 5) is 31.1. The van der Waals surface area contributed by atoms with Gasteiger partial charge in [0.25, 0.3) is 0 Å². The van der Waals surface area contributed by atoms with Crippen molar-refractivity contribution in [2.75, 3.05) is 25.2 Å². The van der Waals surface area contributed by atoms with Crippen molar-refractivity contribution in [2.45, 2.75) is 57.5 Å². The second kappa shape index (κ2) is 9.70. The number of carbonyl (C=O) groups is 2. The zero-order valence-electron chi connectivity index (χ0n) is 20.2. The highest BCUT2D eigenvalue weighted by Crippen LogP contribution is 2.38. The number of anilines is 1. The Balaban J connectivity index is 1.59. The van der Waals surface area contributed by atoms with Crippen molar-refractivity contribution in [3.05, 3.63) is 58.9 Å². The van der Waals surface area contributed by atoms with Gasteiger partial charge in [0.1, 0.15) is 5.82 Å². The average Bonchev–Trinajstić information content (AvgIpc) is 3.26. The summed E-state index contributed by atoms with van der Waals surface area (Å²) in [5.74, 6) is 0.0355. The molecule has 0 aliphatic carbocycles. The summed E-state index contributed by atoms with van der Waals surface area (Å²) in [6.07, 6.45) is 4.36. The zero-order chi connectivity index (χ0) is 24.5. The second-order valence-corrected chi connectivity index (χ2v) is 9.36. The molecule has 3 aromatic rings. The summed E-state index contributed by atoms with van der Waals surface area (Å²) in [6.45, 7) is 3.46. The van der Waals surface area contributed by atoms with Crippen LogP contribution in [0.25, 0.3) is 11.0 Å². The minimum atomic E-state index is -0.912. The molecule has 35 heavy (non-hydrogen) atoms. The Kier molecular flexibility index (Phi) is 6.47. The van der Waals surface area contributed by atoms with Crippen LogP contribution in [0.1, 0.15) is 59.5 Å². The van der Waals surface area contributed by atoms with Crippen LogP contribution in [0.4, 0.5) is 10.5 Å². The third-order valence-electron chi connectivity index (χ3n) is 7.32. The second-order valence-electron chi connectivity index (χ2n) is 9.36. The van der Waals surface area contributed by atoms with E-state index in [2.05, 4.69) is 10.6 Å². The van der Waals surface area contributed by atoms with E-state index in [0.29, 0.717) is 31.6 Å². The lowest BCUT2D eigenvalue weighted by Crippen LogP contribution is -2.42. The highest BCUT2D eigenvalue weighted by Gasteiger charge is 2.32. The number of hydrogen-bond acceptors (Lipinski definition) is 5. The topological polar surface area (TPSA) is 93.9 Å². The van der Waals surface area contributed by atoms with E-state index >= 15 is 0 Å². The lowest BCUT2D eigenvalue weighted by atomic mass is 9.95. The number of fused-ring (bicyclic) bond motifs is 3. The molecule has 1 aromatic heterocycles. The van der Waals surface area contributed by atoms with Crippen LogP contribution in [0.3, 0.4) is 0 Å². The van der Waals surface area contributed by atoms with Crippen molar-refractivity contribution in [2.24, 2.45) is 0 Å². The number of imidazole rings is 1. The van der Waals surface area contributed by atoms with Crippen molar-refractivity contribution in [3.8, 4) is 0 Å². The fourth-order valence-corrected chi connectivity index (χ4v) is 5.54. The maximum absolute atomic E-state index is 12.6. The highest BCUT2D eigenvalue weighted by atomic mass is 16.5. The maximum Gasteiger partial charge on any atom is 0.414 e. The van der Waals surface area contributed by atoms with Gasteiger partial charge in [-0.25, -0.2) is 14.6 Å². The molecule has 3 heterocycles. The number of methoxy groups -OCH3 is 1. The van der Waals surface area contributed by atoms with Crippen molar-refractivity contribution < 1.29 is 24.2 Å². The van der Waals surface area contributed by atoms with Crippen LogP contribution >= 0.6 is 0 Å². The number of nitrogens with zero attached hydrogens (tertiary/aromatic N) is 3. The van der Waals surface area contributed by atoms with Crippen molar-refractivity contribution in [3.63, 3.8) is 0 Å². The number of carboxylic acid groups (broad SMARTS) is 1. The Hall–Kier alpha value is -3.39. The van der Waals surface area contributed by atoms with Gasteiger partial charge in [0, 0.05) is 37.3 Å². The van der Waals surface area contributed by atoms with Gasteiger partial charge < -0.3 is 19.1 Å². The first kappa shape index (κ1) is 23.4. The quantitative estimate of drug-likeness (QED) is 0.569. The van der Waals surface area contributed by atoms with E-state index in [9.17, 15) is 14.7 Å². The molecule has 5 rings (SSSR count). The number of rotatable bonds is 5. The number of ether oxygens (including phenoxy) is 2. The van der Waals surface area contributed by atoms with Crippen molar-refractivity contribution in [1.82, 2.24) is 9.55 Å². The average molecular weight is 478 g/mol. The van der Waals surface area contributed by atoms with Crippen LogP contribution in [0.2, 0.25) is 0 Å². The van der Waals surface area contributed by atoms with Crippen LogP contribution in [0.15, 0.2) is 36.4 Å². The molecule has 2 aliphatic heterocycles. The number of aromatic carboxylic acids is 1. The smallest absolute Gasteiger partial charge is 0.414 e. The molecule has 0 unspecified atom stereocenters. The van der Waals surface area contributed by atoms with E-state index in [0.717, 1.165) is 59.4 Å². The monoisotopic (exact) mass is 477 g/mol. The summed E-state index contributed by atoms with van der Waals surface area (Å²) in [7, 11) is 1.41. The Morgan fingerprint density at radius 3 is 2.63 bits per heavy atom. The van der Waals surface area contributed by atoms with Crippen LogP contribution in [-0.4, -0.2) is 53.1 Å². The molecular weight excluding hydrogens is 446 g/mol. The molecule has 1 fully saturated rings. The Bertz CT molecular complexity index is 1260. The molecule has 184 valence electrons. The first-order chi connectivity index (χ1) is 17.0. The predicted octanol–water partition coefficient (Wildman–Crippen LogP) is 4.78. The Labute approximate surface area is 204 Å². The van der Waals surface area contributed by atoms with Gasteiger partial charge in [-0.1, -0.05) is 18.2 Å². The molecule has 1 N–H and O–H groups in total. The summed E-state index contributed by atoms with van der Waals surface area (Å²) >= 11 is 0. The van der Waals surface area contributed by atoms with Gasteiger partial charge >= 0.3 is 12.1 Å². The Morgan fingerprint density at radius 2 is 1.89 bits per heavy atom. The summed E-state index contributed by atoms with van der Waals surface area (Å²) < 4.78 is 13.0. The van der Waals surface area contributed by atoms with E-state index in [1.807, 2.05) is 25.1 Å². The van der Waals surface area contributed by atoms with Crippen molar-refractivity contribution >= 4 is 28.8 Å². The molecule has 0 saturated carbocycles. The van der Waals surface area contributed by atoms with Gasteiger partial charge in [-0.15, -0.1) is 0 Å². The first-order valence-electron chi connectivity index (χ1n) is 12.3. The molecular formula is C27H31N3O5. The largest absolute Gasteiger partial charge is 0.478 e. The SMILES string of the molecule is COC(=O)N1c2ccc3c(nc(CCc4ccccc4C(=O)O)n3C3CCOCC3)c2CC[C@@H]1C. The fourth-order valence-electron chi connectivity index (χ4n) is 5.54. The normalized spacial score (nSPS) is 18.5. The van der Waals surface area contributed by atoms with Gasteiger partial charge in [-0.05, 0) is 62.8 Å². The van der Waals surface area contributed by atoms with E-state index < -0.39 is 5.97 Å². The number of hydrogen-bond donors (Lipinski definition) is 1. The van der Waals surface area contributed by atoms with E-state index in [-0.39, 0.29) is 18.2 Å². The fraction of sp³-hybridized carbons (Fsp3) is 0.444. The van der Waals surface area contributed by atoms with Crippen LogP contribution in [0, 0.1) is 0 Å². The standard InChI is InChI=1S/C27H31N3O5/c1-17-7-9-21-22(29(17)27(33)34-2)10-11-23-25(21)28-24(30(23)19-13-15-35-16-14-19)12-8-18-5-3-4-6-20(18)26(31)32/h3-6,10-11,17,19H,7-9,12-16H2,1-2H3,(H,31,32)/t17-/m0/s1. The molecule has 2 aliphatic rings. The number of carbonyl (C=O) groups excluding carboxylic acids is 1. The molecule has 1 atom stereocenters. The Morgan fingerprint density at radius 1 is 1.11 bits per heavy atom. The van der Waals surface area contributed by atoms with Gasteiger partial charge in [-0.2, -0.15) is 0 Å². The van der Waals surface area contributed by atoms with Crippen LogP contribution < -0.4 is 4.90 Å². The van der Waals surface area contributed by atoms with Gasteiger partial charge in [-0.3, -0.25) is 4.90 Å². The van der Waals surface area contributed by atoms with E-state index in [4.69, 9.17) is 14.5 Å². The molecule has 0 spiro atoms. The predicted molar refractivity (Wildman–Crippen MR) is 132 cm³/mol. The highest BCUT2D eigenvalue weighted by molar-refractivity contribution is 5.95. The molecule has 0 bridgehead atoms. The van der Waals surface area contributed by atoms with E-state index in [1.54, 1.807) is 17.0 Å². The first-order valence-corrected chi connectivity index (χ1v) is 12.3. The summed E-state index contributed by atoms with van der Waals surface area (Å²) in [5.41, 5.74) is 5.07. The number of benzene rings is 2. The minimum Gasteiger partial charge on any atom is -0.478 e. The molecule has 1 saturated heterocycles. The minimum absolute atomic E-state index is 0.0527. The van der Waals surface area contributed by atoms with Crippen LogP contribution in [-0.2, 0) is 28.7 Å². The van der Waals surface area contributed by atoms with Crippen LogP contribution in [0.5, 0.6) is 0 Å². The zero-order valence-corrected chi connectivity index (χ0v) is 20.2. The number of carboxylic acids is 1. The summed E-state index contributed by atoms with van der Waals surface area (Å²) in [6, 6.07) is 11.6. The third kappa shape index (κ3) is 4.27. The number of aromatic nitrogens is 2. The molecule has 8 nitrogen and oxygen atoms in total. The lowest BCUT2D eigenvalue weighted by Gasteiger charge is -2.34.